The van der Waals surface area contributed by atoms with Crippen LogP contribution in [-0.4, -0.2) is 18.2 Å². The van der Waals surface area contributed by atoms with Crippen LogP contribution < -0.4 is 15.2 Å². The van der Waals surface area contributed by atoms with Gasteiger partial charge in [-0.15, -0.1) is 0 Å². The molecule has 17 heavy (non-hydrogen) atoms. The minimum absolute atomic E-state index is 0.0809. The molecule has 3 nitrogen and oxygen atoms in total. The van der Waals surface area contributed by atoms with Crippen molar-refractivity contribution in [3.63, 3.8) is 0 Å². The molecule has 1 aliphatic heterocycles. The number of hydrogen-bond donors (Lipinski definition) is 1. The molecular formula is C14H19NO2. The van der Waals surface area contributed by atoms with E-state index >= 15 is 0 Å². The van der Waals surface area contributed by atoms with Gasteiger partial charge in [-0.05, 0) is 38.8 Å². The Morgan fingerprint density at radius 3 is 2.47 bits per heavy atom. The van der Waals surface area contributed by atoms with Crippen molar-refractivity contribution in [2.45, 2.75) is 38.3 Å². The summed E-state index contributed by atoms with van der Waals surface area (Å²) in [6.45, 7) is 4.78. The molecule has 0 spiro atoms. The third-order valence-corrected chi connectivity index (χ3v) is 4.20. The highest BCUT2D eigenvalue weighted by molar-refractivity contribution is 5.41. The molecule has 1 atom stereocenters. The van der Waals surface area contributed by atoms with Gasteiger partial charge in [0.15, 0.2) is 11.5 Å². The molecule has 2 N–H and O–H groups in total. The topological polar surface area (TPSA) is 44.5 Å². The van der Waals surface area contributed by atoms with Gasteiger partial charge in [0, 0.05) is 11.0 Å². The van der Waals surface area contributed by atoms with Gasteiger partial charge in [0.25, 0.3) is 0 Å². The monoisotopic (exact) mass is 233 g/mol. The third-order valence-electron chi connectivity index (χ3n) is 4.20. The molecule has 0 saturated heterocycles. The lowest BCUT2D eigenvalue weighted by Crippen LogP contribution is -2.53. The molecule has 1 heterocycles. The fraction of sp³-hybridized carbons (Fsp3) is 0.571. The Labute approximate surface area is 102 Å². The summed E-state index contributed by atoms with van der Waals surface area (Å²) < 4.78 is 11.9. The second-order valence-electron chi connectivity index (χ2n) is 5.74. The van der Waals surface area contributed by atoms with Gasteiger partial charge < -0.3 is 15.2 Å². The maximum atomic E-state index is 6.29. The zero-order valence-electron chi connectivity index (χ0n) is 10.4. The van der Waals surface area contributed by atoms with Gasteiger partial charge >= 0.3 is 0 Å². The molecule has 2 aliphatic rings. The van der Waals surface area contributed by atoms with Crippen molar-refractivity contribution in [3.05, 3.63) is 24.3 Å². The highest BCUT2D eigenvalue weighted by Gasteiger charge is 2.60. The maximum Gasteiger partial charge on any atom is 0.161 e. The maximum absolute atomic E-state index is 6.29. The summed E-state index contributed by atoms with van der Waals surface area (Å²) in [4.78, 5) is 0. The van der Waals surface area contributed by atoms with E-state index in [1.54, 1.807) is 0 Å². The lowest BCUT2D eigenvalue weighted by Gasteiger charge is -2.39. The molecule has 0 bridgehead atoms. The van der Waals surface area contributed by atoms with Gasteiger partial charge in [-0.25, -0.2) is 0 Å². The van der Waals surface area contributed by atoms with Crippen molar-refractivity contribution in [3.8, 4) is 11.5 Å². The van der Waals surface area contributed by atoms with E-state index in [2.05, 4.69) is 13.8 Å². The van der Waals surface area contributed by atoms with E-state index in [4.69, 9.17) is 15.2 Å². The second-order valence-corrected chi connectivity index (χ2v) is 5.74. The number of fused-ring (bicyclic) bond motifs is 1. The molecule has 1 aromatic rings. The summed E-state index contributed by atoms with van der Waals surface area (Å²) in [6, 6.07) is 7.83. The molecular weight excluding hydrogens is 214 g/mol. The predicted octanol–water partition coefficient (Wildman–Crippen LogP) is 2.34. The fourth-order valence-corrected chi connectivity index (χ4v) is 2.81. The molecule has 1 aromatic carbocycles. The smallest absolute Gasteiger partial charge is 0.161 e. The normalized spacial score (nSPS) is 25.5. The molecule has 1 unspecified atom stereocenters. The van der Waals surface area contributed by atoms with Crippen LogP contribution in [0, 0.1) is 5.41 Å². The van der Waals surface area contributed by atoms with Crippen LogP contribution in [0.3, 0.4) is 0 Å². The Balaban J connectivity index is 1.86. The van der Waals surface area contributed by atoms with Gasteiger partial charge in [0.2, 0.25) is 0 Å². The quantitative estimate of drug-likeness (QED) is 0.852. The van der Waals surface area contributed by atoms with Crippen molar-refractivity contribution in [2.75, 3.05) is 6.61 Å². The standard InChI is InChI=1S/C14H19NO2/c1-13(2,15)14(7-8-14)12-9-16-10-5-3-4-6-11(10)17-12/h3-6,12H,7-9,15H2,1-2H3. The minimum atomic E-state index is -0.215. The first-order chi connectivity index (χ1) is 8.03. The zero-order chi connectivity index (χ0) is 12.1. The van der Waals surface area contributed by atoms with Gasteiger partial charge in [-0.3, -0.25) is 0 Å². The number of ether oxygens (including phenoxy) is 2. The molecule has 1 saturated carbocycles. The summed E-state index contributed by atoms with van der Waals surface area (Å²) in [7, 11) is 0. The summed E-state index contributed by atoms with van der Waals surface area (Å²) >= 11 is 0. The van der Waals surface area contributed by atoms with E-state index in [0.29, 0.717) is 6.61 Å². The Morgan fingerprint density at radius 2 is 1.88 bits per heavy atom. The average molecular weight is 233 g/mol. The van der Waals surface area contributed by atoms with Gasteiger partial charge in [-0.2, -0.15) is 0 Å². The van der Waals surface area contributed by atoms with Gasteiger partial charge in [-0.1, -0.05) is 12.1 Å². The number of rotatable bonds is 2. The van der Waals surface area contributed by atoms with Crippen molar-refractivity contribution in [1.82, 2.24) is 0 Å². The summed E-state index contributed by atoms with van der Waals surface area (Å²) in [6.07, 6.45) is 2.34. The number of para-hydroxylation sites is 2. The van der Waals surface area contributed by atoms with E-state index in [-0.39, 0.29) is 17.1 Å². The van der Waals surface area contributed by atoms with Crippen LogP contribution in [0.2, 0.25) is 0 Å². The molecule has 92 valence electrons. The van der Waals surface area contributed by atoms with Crippen LogP contribution >= 0.6 is 0 Å². The number of benzene rings is 1. The zero-order valence-corrected chi connectivity index (χ0v) is 10.4. The fourth-order valence-electron chi connectivity index (χ4n) is 2.81. The Kier molecular flexibility index (Phi) is 2.17. The number of hydrogen-bond acceptors (Lipinski definition) is 3. The van der Waals surface area contributed by atoms with Crippen molar-refractivity contribution in [1.29, 1.82) is 0 Å². The van der Waals surface area contributed by atoms with E-state index in [1.807, 2.05) is 24.3 Å². The van der Waals surface area contributed by atoms with Crippen LogP contribution in [0.4, 0.5) is 0 Å². The van der Waals surface area contributed by atoms with Crippen molar-refractivity contribution < 1.29 is 9.47 Å². The minimum Gasteiger partial charge on any atom is -0.486 e. The highest BCUT2D eigenvalue weighted by atomic mass is 16.6. The van der Waals surface area contributed by atoms with Gasteiger partial charge in [0.1, 0.15) is 12.7 Å². The molecule has 3 heteroatoms. The molecule has 0 radical (unpaired) electrons. The van der Waals surface area contributed by atoms with Crippen LogP contribution in [0.15, 0.2) is 24.3 Å². The molecule has 0 amide bonds. The largest absolute Gasteiger partial charge is 0.486 e. The van der Waals surface area contributed by atoms with E-state index in [9.17, 15) is 0 Å². The highest BCUT2D eigenvalue weighted by Crippen LogP contribution is 2.57. The molecule has 1 aliphatic carbocycles. The Bertz CT molecular complexity index is 432. The van der Waals surface area contributed by atoms with E-state index in [1.165, 1.54) is 0 Å². The van der Waals surface area contributed by atoms with Crippen LogP contribution in [0.5, 0.6) is 11.5 Å². The third kappa shape index (κ3) is 1.61. The molecule has 3 rings (SSSR count). The van der Waals surface area contributed by atoms with Crippen LogP contribution in [0.25, 0.3) is 0 Å². The average Bonchev–Trinajstić information content (AvgIpc) is 3.09. The lowest BCUT2D eigenvalue weighted by molar-refractivity contribution is 0.00983. The summed E-state index contributed by atoms with van der Waals surface area (Å²) in [5.41, 5.74) is 6.16. The first-order valence-electron chi connectivity index (χ1n) is 6.20. The predicted molar refractivity (Wildman–Crippen MR) is 66.3 cm³/mol. The Morgan fingerprint density at radius 1 is 1.24 bits per heavy atom. The van der Waals surface area contributed by atoms with Crippen LogP contribution in [0.1, 0.15) is 26.7 Å². The van der Waals surface area contributed by atoms with E-state index < -0.39 is 0 Å². The van der Waals surface area contributed by atoms with Gasteiger partial charge in [0.05, 0.1) is 0 Å². The van der Waals surface area contributed by atoms with Crippen molar-refractivity contribution >= 4 is 0 Å². The first-order valence-corrected chi connectivity index (χ1v) is 6.20. The lowest BCUT2D eigenvalue weighted by atomic mass is 9.80. The van der Waals surface area contributed by atoms with E-state index in [0.717, 1.165) is 24.3 Å². The first kappa shape index (κ1) is 10.9. The van der Waals surface area contributed by atoms with Crippen LogP contribution in [-0.2, 0) is 0 Å². The second kappa shape index (κ2) is 3.39. The molecule has 1 fully saturated rings. The number of nitrogens with two attached hydrogens (primary N) is 1. The SMILES string of the molecule is CC(C)(N)C1(C2COc3ccccc3O2)CC1. The van der Waals surface area contributed by atoms with Crippen molar-refractivity contribution in [2.24, 2.45) is 11.1 Å². The molecule has 0 aromatic heterocycles. The summed E-state index contributed by atoms with van der Waals surface area (Å²) in [5, 5.41) is 0. The summed E-state index contributed by atoms with van der Waals surface area (Å²) in [5.74, 6) is 1.69. The Hall–Kier alpha value is -1.22.